The van der Waals surface area contributed by atoms with Gasteiger partial charge >= 0.3 is 5.97 Å². The van der Waals surface area contributed by atoms with Gasteiger partial charge in [0.1, 0.15) is 11.9 Å². The number of aryl methyl sites for hydroxylation is 1. The van der Waals surface area contributed by atoms with Crippen LogP contribution in [0.5, 0.6) is 0 Å². The predicted molar refractivity (Wildman–Crippen MR) is 124 cm³/mol. The number of carbonyl (C=O) groups excluding carboxylic acids is 2. The number of hydrogen-bond acceptors (Lipinski definition) is 5. The third-order valence-electron chi connectivity index (χ3n) is 6.26. The van der Waals surface area contributed by atoms with Crippen LogP contribution in [-0.2, 0) is 14.3 Å². The molecular weight excluding hydrogens is 421 g/mol. The maximum absolute atomic E-state index is 14.0. The minimum atomic E-state index is -0.418. The van der Waals surface area contributed by atoms with E-state index in [4.69, 9.17) is 9.84 Å². The second kappa shape index (κ2) is 10.3. The quantitative estimate of drug-likeness (QED) is 0.617. The molecule has 1 saturated heterocycles. The highest BCUT2D eigenvalue weighted by molar-refractivity contribution is 6.03. The van der Waals surface area contributed by atoms with Crippen LogP contribution < -0.4 is 0 Å². The van der Waals surface area contributed by atoms with E-state index in [2.05, 4.69) is 0 Å². The molecule has 2 aromatic carbocycles. The van der Waals surface area contributed by atoms with Gasteiger partial charge in [0.05, 0.1) is 24.9 Å². The summed E-state index contributed by atoms with van der Waals surface area (Å²) in [5.74, 6) is -0.831. The molecule has 0 radical (unpaired) electrons. The van der Waals surface area contributed by atoms with E-state index in [0.29, 0.717) is 31.6 Å². The lowest BCUT2D eigenvalue weighted by molar-refractivity contribution is -0.152. The van der Waals surface area contributed by atoms with Crippen LogP contribution in [-0.4, -0.2) is 53.2 Å². The highest BCUT2D eigenvalue weighted by atomic mass is 19.1. The molecule has 174 valence electrons. The third kappa shape index (κ3) is 5.30. The molecule has 0 bridgehead atoms. The van der Waals surface area contributed by atoms with Crippen LogP contribution in [0.25, 0.3) is 0 Å². The zero-order chi connectivity index (χ0) is 23.4. The Balaban J connectivity index is 1.60. The van der Waals surface area contributed by atoms with Gasteiger partial charge in [-0.25, -0.2) is 9.40 Å². The molecule has 1 fully saturated rings. The summed E-state index contributed by atoms with van der Waals surface area (Å²) in [7, 11) is 0. The van der Waals surface area contributed by atoms with Gasteiger partial charge in [-0.1, -0.05) is 48.4 Å². The lowest BCUT2D eigenvalue weighted by atomic mass is 9.97. The molecule has 2 atom stereocenters. The van der Waals surface area contributed by atoms with E-state index in [1.165, 1.54) is 17.1 Å². The smallest absolute Gasteiger partial charge is 0.323 e. The fourth-order valence-electron chi connectivity index (χ4n) is 4.64. The summed E-state index contributed by atoms with van der Waals surface area (Å²) in [5.41, 5.74) is 3.55. The van der Waals surface area contributed by atoms with Crippen molar-refractivity contribution < 1.29 is 18.7 Å². The summed E-state index contributed by atoms with van der Waals surface area (Å²) in [6.07, 6.45) is 3.03. The first-order chi connectivity index (χ1) is 16.0. The number of carbonyl (C=O) groups is 2. The van der Waals surface area contributed by atoms with Crippen LogP contribution in [0.3, 0.4) is 0 Å². The lowest BCUT2D eigenvalue weighted by Crippen LogP contribution is -2.49. The first kappa shape index (κ1) is 23.1. The van der Waals surface area contributed by atoms with Crippen LogP contribution in [0.4, 0.5) is 4.39 Å². The summed E-state index contributed by atoms with van der Waals surface area (Å²) < 4.78 is 19.2. The summed E-state index contributed by atoms with van der Waals surface area (Å²) >= 11 is 0. The predicted octanol–water partition coefficient (Wildman–Crippen LogP) is 4.23. The van der Waals surface area contributed by atoms with E-state index < -0.39 is 12.1 Å². The number of halogens is 1. The average Bonchev–Trinajstić information content (AvgIpc) is 3.25. The molecular formula is C26H30FN3O3. The molecule has 0 aromatic heterocycles. The number of piperidine rings is 1. The molecule has 7 heteroatoms. The molecule has 2 aliphatic heterocycles. The standard InChI is InChI=1S/C26H30FN3O3/c1-3-33-26(32)23-12-4-5-13-29(23)17-25(31)30-24(20-10-7-11-21(27)15-20)16-22(28-30)19-9-6-8-18(2)14-19/h6-11,14-15,23-24H,3-5,12-13,16-17H2,1-2H3. The molecule has 6 nitrogen and oxygen atoms in total. The summed E-state index contributed by atoms with van der Waals surface area (Å²) in [6, 6.07) is 13.5. The molecule has 2 unspecified atom stereocenters. The zero-order valence-corrected chi connectivity index (χ0v) is 19.2. The van der Waals surface area contributed by atoms with Gasteiger partial charge < -0.3 is 4.74 Å². The van der Waals surface area contributed by atoms with Gasteiger partial charge in [-0.2, -0.15) is 5.10 Å². The van der Waals surface area contributed by atoms with Crippen LogP contribution >= 0.6 is 0 Å². The van der Waals surface area contributed by atoms with Gasteiger partial charge in [-0.05, 0) is 56.5 Å². The van der Waals surface area contributed by atoms with Gasteiger partial charge in [0.2, 0.25) is 0 Å². The van der Waals surface area contributed by atoms with E-state index in [-0.39, 0.29) is 24.2 Å². The third-order valence-corrected chi connectivity index (χ3v) is 6.26. The highest BCUT2D eigenvalue weighted by Crippen LogP contribution is 2.33. The topological polar surface area (TPSA) is 62.2 Å². The van der Waals surface area contributed by atoms with E-state index >= 15 is 0 Å². The number of hydrazone groups is 1. The summed E-state index contributed by atoms with van der Waals surface area (Å²) in [4.78, 5) is 27.8. The fraction of sp³-hybridized carbons (Fsp3) is 0.423. The Morgan fingerprint density at radius 1 is 1.15 bits per heavy atom. The molecule has 2 aliphatic rings. The maximum atomic E-state index is 14.0. The Bertz CT molecular complexity index is 1050. The Morgan fingerprint density at radius 3 is 2.73 bits per heavy atom. The monoisotopic (exact) mass is 451 g/mol. The summed E-state index contributed by atoms with van der Waals surface area (Å²) in [6.45, 7) is 4.83. The Morgan fingerprint density at radius 2 is 1.97 bits per heavy atom. The second-order valence-electron chi connectivity index (χ2n) is 8.66. The fourth-order valence-corrected chi connectivity index (χ4v) is 4.64. The van der Waals surface area contributed by atoms with Gasteiger partial charge in [0.25, 0.3) is 5.91 Å². The minimum Gasteiger partial charge on any atom is -0.465 e. The zero-order valence-electron chi connectivity index (χ0n) is 19.2. The van der Waals surface area contributed by atoms with E-state index in [1.807, 2.05) is 42.2 Å². The van der Waals surface area contributed by atoms with Crippen molar-refractivity contribution in [2.24, 2.45) is 5.10 Å². The van der Waals surface area contributed by atoms with Crippen molar-refractivity contribution in [3.8, 4) is 0 Å². The van der Waals surface area contributed by atoms with Gasteiger partial charge in [0, 0.05) is 6.42 Å². The van der Waals surface area contributed by atoms with Crippen molar-refractivity contribution in [2.75, 3.05) is 19.7 Å². The van der Waals surface area contributed by atoms with E-state index in [1.54, 1.807) is 13.0 Å². The highest BCUT2D eigenvalue weighted by Gasteiger charge is 2.37. The molecule has 0 N–H and O–H groups in total. The Labute approximate surface area is 194 Å². The van der Waals surface area contributed by atoms with Crippen molar-refractivity contribution in [1.29, 1.82) is 0 Å². The lowest BCUT2D eigenvalue weighted by Gasteiger charge is -2.34. The van der Waals surface area contributed by atoms with Crippen molar-refractivity contribution in [3.05, 3.63) is 71.0 Å². The summed E-state index contributed by atoms with van der Waals surface area (Å²) in [5, 5.41) is 6.17. The largest absolute Gasteiger partial charge is 0.465 e. The van der Waals surface area contributed by atoms with Crippen LogP contribution in [0.2, 0.25) is 0 Å². The number of ether oxygens (including phenoxy) is 1. The van der Waals surface area contributed by atoms with Gasteiger partial charge in [0.15, 0.2) is 0 Å². The van der Waals surface area contributed by atoms with E-state index in [0.717, 1.165) is 29.7 Å². The maximum Gasteiger partial charge on any atom is 0.323 e. The van der Waals surface area contributed by atoms with Gasteiger partial charge in [-0.15, -0.1) is 0 Å². The molecule has 4 rings (SSSR count). The molecule has 0 spiro atoms. The first-order valence-corrected chi connectivity index (χ1v) is 11.6. The molecule has 2 heterocycles. The molecule has 1 amide bonds. The number of nitrogens with zero attached hydrogens (tertiary/aromatic N) is 3. The average molecular weight is 452 g/mol. The SMILES string of the molecule is CCOC(=O)C1CCCCN1CC(=O)N1N=C(c2cccc(C)c2)CC1c1cccc(F)c1. The van der Waals surface area contributed by atoms with Gasteiger partial charge in [-0.3, -0.25) is 14.5 Å². The van der Waals surface area contributed by atoms with Crippen molar-refractivity contribution in [3.63, 3.8) is 0 Å². The van der Waals surface area contributed by atoms with Crippen molar-refractivity contribution in [1.82, 2.24) is 9.91 Å². The number of rotatable bonds is 6. The molecule has 0 aliphatic carbocycles. The number of hydrogen-bond donors (Lipinski definition) is 0. The normalized spacial score (nSPS) is 21.1. The van der Waals surface area contributed by atoms with Crippen molar-refractivity contribution in [2.45, 2.75) is 51.6 Å². The Hall–Kier alpha value is -3.06. The Kier molecular flexibility index (Phi) is 7.18. The molecule has 0 saturated carbocycles. The number of esters is 1. The molecule has 2 aromatic rings. The second-order valence-corrected chi connectivity index (χ2v) is 8.66. The van der Waals surface area contributed by atoms with Crippen LogP contribution in [0, 0.1) is 12.7 Å². The van der Waals surface area contributed by atoms with Crippen molar-refractivity contribution >= 4 is 17.6 Å². The number of benzene rings is 2. The van der Waals surface area contributed by atoms with Crippen LogP contribution in [0.1, 0.15) is 55.3 Å². The minimum absolute atomic E-state index is 0.0693. The first-order valence-electron chi connectivity index (χ1n) is 11.6. The van der Waals surface area contributed by atoms with Crippen LogP contribution in [0.15, 0.2) is 53.6 Å². The number of amides is 1. The number of likely N-dealkylation sites (tertiary alicyclic amines) is 1. The molecule has 33 heavy (non-hydrogen) atoms. The van der Waals surface area contributed by atoms with E-state index in [9.17, 15) is 14.0 Å².